The van der Waals surface area contributed by atoms with Crippen LogP contribution in [0.25, 0.3) is 16.7 Å². The molecule has 1 atom stereocenters. The average Bonchev–Trinajstić information content (AvgIpc) is 3.20. The van der Waals surface area contributed by atoms with Gasteiger partial charge in [0.1, 0.15) is 11.5 Å². The number of nitrogens with zero attached hydrogens (tertiary/aromatic N) is 3. The first-order chi connectivity index (χ1) is 13.6. The molecule has 1 fully saturated rings. The van der Waals surface area contributed by atoms with Crippen LogP contribution in [0.15, 0.2) is 29.2 Å². The van der Waals surface area contributed by atoms with Gasteiger partial charge in [-0.3, -0.25) is 14.0 Å². The first-order valence-corrected chi connectivity index (χ1v) is 9.54. The summed E-state index contributed by atoms with van der Waals surface area (Å²) in [5, 5.41) is 6.31. The van der Waals surface area contributed by atoms with Gasteiger partial charge in [-0.1, -0.05) is 6.07 Å². The molecule has 2 N–H and O–H groups in total. The summed E-state index contributed by atoms with van der Waals surface area (Å²) in [4.78, 5) is 34.7. The van der Waals surface area contributed by atoms with Crippen molar-refractivity contribution in [2.45, 2.75) is 32.8 Å². The van der Waals surface area contributed by atoms with Gasteiger partial charge in [-0.05, 0) is 44.4 Å². The molecule has 3 aromatic rings. The zero-order valence-corrected chi connectivity index (χ0v) is 16.0. The predicted molar refractivity (Wildman–Crippen MR) is 107 cm³/mol. The minimum absolute atomic E-state index is 0.0409. The molecule has 1 aliphatic rings. The fourth-order valence-electron chi connectivity index (χ4n) is 3.42. The van der Waals surface area contributed by atoms with Gasteiger partial charge in [-0.2, -0.15) is 0 Å². The molecule has 1 aliphatic heterocycles. The second-order valence-corrected chi connectivity index (χ2v) is 6.98. The fourth-order valence-corrected chi connectivity index (χ4v) is 3.42. The molecule has 146 valence electrons. The van der Waals surface area contributed by atoms with Crippen molar-refractivity contribution >= 4 is 28.4 Å². The van der Waals surface area contributed by atoms with Gasteiger partial charge in [0.2, 0.25) is 0 Å². The lowest BCUT2D eigenvalue weighted by Crippen LogP contribution is -2.32. The number of aryl methyl sites for hydroxylation is 1. The first kappa shape index (κ1) is 18.4. The van der Waals surface area contributed by atoms with E-state index in [1.807, 2.05) is 19.9 Å². The zero-order chi connectivity index (χ0) is 19.7. The van der Waals surface area contributed by atoms with Gasteiger partial charge in [0, 0.05) is 25.9 Å². The average molecular weight is 381 g/mol. The highest BCUT2D eigenvalue weighted by Crippen LogP contribution is 2.19. The van der Waals surface area contributed by atoms with Gasteiger partial charge in [0.15, 0.2) is 5.65 Å². The molecule has 8 heteroatoms. The minimum atomic E-state index is -0.283. The molecule has 28 heavy (non-hydrogen) atoms. The largest absolute Gasteiger partial charge is 0.376 e. The van der Waals surface area contributed by atoms with Crippen molar-refractivity contribution < 1.29 is 9.53 Å². The Bertz CT molecular complexity index is 1100. The second kappa shape index (κ2) is 7.55. The fraction of sp³-hybridized carbons (Fsp3) is 0.400. The van der Waals surface area contributed by atoms with Crippen LogP contribution < -0.4 is 16.2 Å². The molecule has 0 spiro atoms. The molecule has 8 nitrogen and oxygen atoms in total. The Labute approximate surface area is 161 Å². The van der Waals surface area contributed by atoms with Crippen LogP contribution in [-0.2, 0) is 4.74 Å². The number of carbonyl (C=O) groups excluding carboxylic acids is 1. The summed E-state index contributed by atoms with van der Waals surface area (Å²) in [5.74, 6) is 0.137. The lowest BCUT2D eigenvalue weighted by atomic mass is 10.1. The van der Waals surface area contributed by atoms with Crippen LogP contribution in [0.2, 0.25) is 0 Å². The number of aromatic nitrogens is 3. The number of hydrogen-bond acceptors (Lipinski definition) is 6. The molecule has 0 radical (unpaired) electrons. The molecule has 0 unspecified atom stereocenters. The van der Waals surface area contributed by atoms with Crippen LogP contribution in [0.4, 0.5) is 5.82 Å². The normalized spacial score (nSPS) is 16.6. The van der Waals surface area contributed by atoms with Crippen molar-refractivity contribution in [3.8, 4) is 0 Å². The smallest absolute Gasteiger partial charge is 0.267 e. The summed E-state index contributed by atoms with van der Waals surface area (Å²) in [6.07, 6.45) is 3.72. The van der Waals surface area contributed by atoms with E-state index in [0.717, 1.165) is 25.0 Å². The third-order valence-electron chi connectivity index (χ3n) is 4.85. The van der Waals surface area contributed by atoms with Gasteiger partial charge in [-0.25, -0.2) is 9.97 Å². The van der Waals surface area contributed by atoms with E-state index in [1.165, 1.54) is 4.40 Å². The van der Waals surface area contributed by atoms with E-state index in [-0.39, 0.29) is 17.6 Å². The Hall–Kier alpha value is -3.00. The monoisotopic (exact) mass is 381 g/mol. The summed E-state index contributed by atoms with van der Waals surface area (Å²) in [6.45, 7) is 5.60. The van der Waals surface area contributed by atoms with Crippen LogP contribution in [0.1, 0.15) is 35.7 Å². The highest BCUT2D eigenvalue weighted by atomic mass is 16.5. The van der Waals surface area contributed by atoms with Gasteiger partial charge >= 0.3 is 0 Å². The van der Waals surface area contributed by atoms with Gasteiger partial charge in [0.25, 0.3) is 11.5 Å². The molecular weight excluding hydrogens is 358 g/mol. The zero-order valence-electron chi connectivity index (χ0n) is 16.0. The maximum Gasteiger partial charge on any atom is 0.267 e. The van der Waals surface area contributed by atoms with Gasteiger partial charge in [-0.15, -0.1) is 0 Å². The number of ether oxygens (including phenoxy) is 1. The predicted octanol–water partition coefficient (Wildman–Crippen LogP) is 1.89. The van der Waals surface area contributed by atoms with Crippen LogP contribution in [0.3, 0.4) is 0 Å². The van der Waals surface area contributed by atoms with E-state index in [9.17, 15) is 9.59 Å². The minimum Gasteiger partial charge on any atom is -0.376 e. The van der Waals surface area contributed by atoms with E-state index in [2.05, 4.69) is 20.6 Å². The Morgan fingerprint density at radius 1 is 1.36 bits per heavy atom. The third kappa shape index (κ3) is 3.43. The molecule has 0 saturated carbocycles. The third-order valence-corrected chi connectivity index (χ3v) is 4.85. The van der Waals surface area contributed by atoms with E-state index in [0.29, 0.717) is 41.2 Å². The molecule has 0 aromatic carbocycles. The van der Waals surface area contributed by atoms with Crippen molar-refractivity contribution in [3.63, 3.8) is 0 Å². The Morgan fingerprint density at radius 2 is 2.21 bits per heavy atom. The molecule has 4 heterocycles. The first-order valence-electron chi connectivity index (χ1n) is 9.54. The molecule has 0 bridgehead atoms. The molecular formula is C20H23N5O3. The number of carbonyl (C=O) groups is 1. The number of rotatable bonds is 5. The standard InChI is InChI=1S/C20H23N5O3/c1-3-21-17-14(19(26)22-10-13-5-4-8-28-13)9-15-18(24-17)23-16-7-6-12(2)11-25(16)20(15)27/h6-7,9,11,13H,3-5,8,10H2,1-2H3,(H,21,24)(H,22,26)/t13-/m0/s1. The lowest BCUT2D eigenvalue weighted by molar-refractivity contribution is 0.0858. The van der Waals surface area contributed by atoms with Crippen LogP contribution >= 0.6 is 0 Å². The molecule has 3 aromatic heterocycles. The van der Waals surface area contributed by atoms with Crippen LogP contribution in [0, 0.1) is 6.92 Å². The summed E-state index contributed by atoms with van der Waals surface area (Å²) < 4.78 is 7.04. The summed E-state index contributed by atoms with van der Waals surface area (Å²) in [5.41, 5.74) is 1.88. The number of pyridine rings is 2. The van der Waals surface area contributed by atoms with Crippen molar-refractivity contribution in [3.05, 3.63) is 45.9 Å². The molecule has 4 rings (SSSR count). The maximum absolute atomic E-state index is 13.0. The van der Waals surface area contributed by atoms with E-state index >= 15 is 0 Å². The van der Waals surface area contributed by atoms with E-state index in [1.54, 1.807) is 18.3 Å². The Kier molecular flexibility index (Phi) is 4.95. The van der Waals surface area contributed by atoms with E-state index in [4.69, 9.17) is 4.74 Å². The number of anilines is 1. The highest BCUT2D eigenvalue weighted by Gasteiger charge is 2.20. The molecule has 0 aliphatic carbocycles. The topological polar surface area (TPSA) is 97.6 Å². The summed E-state index contributed by atoms with van der Waals surface area (Å²) >= 11 is 0. The van der Waals surface area contributed by atoms with Crippen molar-refractivity contribution in [1.82, 2.24) is 19.7 Å². The summed E-state index contributed by atoms with van der Waals surface area (Å²) in [7, 11) is 0. The van der Waals surface area contributed by atoms with Crippen molar-refractivity contribution in [2.24, 2.45) is 0 Å². The highest BCUT2D eigenvalue weighted by molar-refractivity contribution is 6.01. The number of fused-ring (bicyclic) bond motifs is 2. The Balaban J connectivity index is 1.78. The van der Waals surface area contributed by atoms with Crippen LogP contribution in [0.5, 0.6) is 0 Å². The summed E-state index contributed by atoms with van der Waals surface area (Å²) in [6, 6.07) is 5.26. The molecule has 1 saturated heterocycles. The van der Waals surface area contributed by atoms with Gasteiger partial charge < -0.3 is 15.4 Å². The van der Waals surface area contributed by atoms with Crippen LogP contribution in [-0.4, -0.2) is 46.1 Å². The number of nitrogens with one attached hydrogen (secondary N) is 2. The Morgan fingerprint density at radius 3 is 2.96 bits per heavy atom. The second-order valence-electron chi connectivity index (χ2n) is 6.98. The van der Waals surface area contributed by atoms with Crippen molar-refractivity contribution in [2.75, 3.05) is 25.0 Å². The molecule has 1 amide bonds. The number of amides is 1. The number of hydrogen-bond donors (Lipinski definition) is 2. The SMILES string of the molecule is CCNc1nc2nc3ccc(C)cn3c(=O)c2cc1C(=O)NC[C@@H]1CCCO1. The lowest BCUT2D eigenvalue weighted by Gasteiger charge is -2.14. The van der Waals surface area contributed by atoms with Crippen molar-refractivity contribution in [1.29, 1.82) is 0 Å². The van der Waals surface area contributed by atoms with E-state index < -0.39 is 0 Å². The maximum atomic E-state index is 13.0. The van der Waals surface area contributed by atoms with Gasteiger partial charge in [0.05, 0.1) is 17.1 Å². The quantitative estimate of drug-likeness (QED) is 0.655.